The van der Waals surface area contributed by atoms with Crippen molar-refractivity contribution in [1.29, 1.82) is 0 Å². The first-order valence-electron chi connectivity index (χ1n) is 4.26. The summed E-state index contributed by atoms with van der Waals surface area (Å²) in [6.07, 6.45) is 1.46. The van der Waals surface area contributed by atoms with Crippen molar-refractivity contribution in [1.82, 2.24) is 0 Å². The Morgan fingerprint density at radius 3 is 2.27 bits per heavy atom. The zero-order valence-corrected chi connectivity index (χ0v) is 7.97. The van der Waals surface area contributed by atoms with Gasteiger partial charge in [0.1, 0.15) is 6.61 Å². The molecule has 0 atom stereocenters. The van der Waals surface area contributed by atoms with Crippen molar-refractivity contribution in [3.8, 4) is 0 Å². The third kappa shape index (κ3) is 2.95. The highest BCUT2D eigenvalue weighted by Gasteiger charge is 2.07. The van der Waals surface area contributed by atoms with Crippen molar-refractivity contribution in [2.75, 3.05) is 6.61 Å². The Morgan fingerprint density at radius 1 is 1.27 bits per heavy atom. The Kier molecular flexibility index (Phi) is 3.62. The summed E-state index contributed by atoms with van der Waals surface area (Å²) >= 11 is 0. The molecule has 0 aliphatic rings. The minimum Gasteiger partial charge on any atom is -0.478 e. The molecule has 0 radical (unpaired) electrons. The number of esters is 1. The lowest BCUT2D eigenvalue weighted by Gasteiger charge is -2.01. The molecular formula is C11H10O4. The van der Waals surface area contributed by atoms with Crippen LogP contribution >= 0.6 is 0 Å². The van der Waals surface area contributed by atoms with Gasteiger partial charge >= 0.3 is 11.9 Å². The second-order valence-electron chi connectivity index (χ2n) is 2.77. The van der Waals surface area contributed by atoms with Gasteiger partial charge in [0.25, 0.3) is 0 Å². The maximum absolute atomic E-state index is 11.3. The van der Waals surface area contributed by atoms with Crippen LogP contribution < -0.4 is 0 Å². The summed E-state index contributed by atoms with van der Waals surface area (Å²) in [5.41, 5.74) is 0.456. The van der Waals surface area contributed by atoms with Crippen molar-refractivity contribution in [2.45, 2.75) is 0 Å². The summed E-state index contributed by atoms with van der Waals surface area (Å²) in [4.78, 5) is 21.8. The van der Waals surface area contributed by atoms with E-state index in [0.717, 1.165) is 0 Å². The van der Waals surface area contributed by atoms with E-state index >= 15 is 0 Å². The van der Waals surface area contributed by atoms with Crippen LogP contribution in [-0.4, -0.2) is 23.7 Å². The smallest absolute Gasteiger partial charge is 0.338 e. The normalized spacial score (nSPS) is 9.33. The molecule has 0 amide bonds. The summed E-state index contributed by atoms with van der Waals surface area (Å²) in [6.45, 7) is 3.55. The fourth-order valence-corrected chi connectivity index (χ4v) is 0.967. The number of carbonyl (C=O) groups is 2. The molecule has 0 bridgehead atoms. The lowest BCUT2D eigenvalue weighted by Crippen LogP contribution is -2.05. The number of carboxylic acids is 1. The average molecular weight is 206 g/mol. The Balaban J connectivity index is 2.75. The maximum Gasteiger partial charge on any atom is 0.338 e. The summed E-state index contributed by atoms with van der Waals surface area (Å²) in [5.74, 6) is -1.52. The molecule has 4 nitrogen and oxygen atoms in total. The third-order valence-electron chi connectivity index (χ3n) is 1.70. The monoisotopic (exact) mass is 206 g/mol. The molecule has 1 rings (SSSR count). The van der Waals surface area contributed by atoms with E-state index in [2.05, 4.69) is 6.58 Å². The molecule has 1 aromatic rings. The van der Waals surface area contributed by atoms with Crippen LogP contribution in [0.1, 0.15) is 20.7 Å². The Hall–Kier alpha value is -2.10. The van der Waals surface area contributed by atoms with Gasteiger partial charge in [-0.15, -0.1) is 0 Å². The molecule has 1 aromatic carbocycles. The first-order chi connectivity index (χ1) is 7.15. The van der Waals surface area contributed by atoms with Gasteiger partial charge in [-0.1, -0.05) is 12.7 Å². The van der Waals surface area contributed by atoms with E-state index in [4.69, 9.17) is 9.84 Å². The molecule has 0 spiro atoms. The van der Waals surface area contributed by atoms with Crippen molar-refractivity contribution in [2.24, 2.45) is 0 Å². The van der Waals surface area contributed by atoms with Gasteiger partial charge in [-0.3, -0.25) is 0 Å². The van der Waals surface area contributed by atoms with E-state index in [1.165, 1.54) is 30.3 Å². The molecule has 0 saturated carbocycles. The average Bonchev–Trinajstić information content (AvgIpc) is 2.26. The Labute approximate surface area is 86.8 Å². The van der Waals surface area contributed by atoms with Crippen molar-refractivity contribution in [3.63, 3.8) is 0 Å². The van der Waals surface area contributed by atoms with E-state index in [9.17, 15) is 9.59 Å². The van der Waals surface area contributed by atoms with Gasteiger partial charge < -0.3 is 9.84 Å². The number of carboxylic acid groups (broad SMARTS) is 1. The molecule has 0 saturated heterocycles. The van der Waals surface area contributed by atoms with Gasteiger partial charge in [0.2, 0.25) is 0 Å². The van der Waals surface area contributed by atoms with Crippen molar-refractivity contribution < 1.29 is 19.4 Å². The first-order valence-corrected chi connectivity index (χ1v) is 4.26. The zero-order chi connectivity index (χ0) is 11.3. The van der Waals surface area contributed by atoms with Crippen LogP contribution in [0.4, 0.5) is 0 Å². The first kappa shape index (κ1) is 11.0. The number of carbonyl (C=O) groups excluding carboxylic acids is 1. The van der Waals surface area contributed by atoms with Crippen LogP contribution in [-0.2, 0) is 4.74 Å². The standard InChI is InChI=1S/C11H10O4/c1-2-7-15-11(14)9-5-3-8(4-6-9)10(12)13/h2-6H,1,7H2,(H,12,13). The highest BCUT2D eigenvalue weighted by molar-refractivity contribution is 5.92. The topological polar surface area (TPSA) is 63.6 Å². The van der Waals surface area contributed by atoms with Gasteiger partial charge in [0, 0.05) is 0 Å². The second-order valence-corrected chi connectivity index (χ2v) is 2.77. The van der Waals surface area contributed by atoms with Gasteiger partial charge in [-0.2, -0.15) is 0 Å². The van der Waals surface area contributed by atoms with Crippen molar-refractivity contribution in [3.05, 3.63) is 48.0 Å². The predicted octanol–water partition coefficient (Wildman–Crippen LogP) is 1.73. The fourth-order valence-electron chi connectivity index (χ4n) is 0.967. The molecule has 0 aliphatic carbocycles. The number of hydrogen-bond acceptors (Lipinski definition) is 3. The summed E-state index contributed by atoms with van der Waals surface area (Å²) in [5, 5.41) is 8.63. The van der Waals surface area contributed by atoms with E-state index < -0.39 is 11.9 Å². The van der Waals surface area contributed by atoms with E-state index in [-0.39, 0.29) is 12.2 Å². The second kappa shape index (κ2) is 4.95. The molecule has 15 heavy (non-hydrogen) atoms. The lowest BCUT2D eigenvalue weighted by atomic mass is 10.1. The largest absolute Gasteiger partial charge is 0.478 e. The molecule has 0 unspecified atom stereocenters. The molecule has 78 valence electrons. The van der Waals surface area contributed by atoms with Gasteiger partial charge in [-0.25, -0.2) is 9.59 Å². The molecule has 0 fully saturated rings. The van der Waals surface area contributed by atoms with Crippen molar-refractivity contribution >= 4 is 11.9 Å². The third-order valence-corrected chi connectivity index (χ3v) is 1.70. The van der Waals surface area contributed by atoms with E-state index in [0.29, 0.717) is 5.56 Å². The van der Waals surface area contributed by atoms with Crippen LogP contribution in [0.2, 0.25) is 0 Å². The molecule has 0 aliphatic heterocycles. The lowest BCUT2D eigenvalue weighted by molar-refractivity contribution is 0.0548. The summed E-state index contributed by atoms with van der Waals surface area (Å²) in [7, 11) is 0. The fraction of sp³-hybridized carbons (Fsp3) is 0.0909. The molecule has 1 N–H and O–H groups in total. The number of ether oxygens (including phenoxy) is 1. The molecule has 0 heterocycles. The minimum atomic E-state index is -1.03. The van der Waals surface area contributed by atoms with Crippen LogP contribution in [0.3, 0.4) is 0 Å². The molecular weight excluding hydrogens is 196 g/mol. The number of aromatic carboxylic acids is 1. The van der Waals surface area contributed by atoms with Crippen LogP contribution in [0, 0.1) is 0 Å². The minimum absolute atomic E-state index is 0.135. The SMILES string of the molecule is C=CCOC(=O)c1ccc(C(=O)O)cc1. The van der Waals surface area contributed by atoms with Gasteiger partial charge in [0.05, 0.1) is 11.1 Å². The summed E-state index contributed by atoms with van der Waals surface area (Å²) in [6, 6.07) is 5.53. The van der Waals surface area contributed by atoms with Gasteiger partial charge in [0.15, 0.2) is 0 Å². The quantitative estimate of drug-likeness (QED) is 0.601. The van der Waals surface area contributed by atoms with Gasteiger partial charge in [-0.05, 0) is 24.3 Å². The van der Waals surface area contributed by atoms with Crippen LogP contribution in [0.25, 0.3) is 0 Å². The zero-order valence-electron chi connectivity index (χ0n) is 7.97. The number of rotatable bonds is 4. The molecule has 4 heteroatoms. The molecule has 0 aromatic heterocycles. The van der Waals surface area contributed by atoms with Crippen LogP contribution in [0.15, 0.2) is 36.9 Å². The van der Waals surface area contributed by atoms with E-state index in [1.807, 2.05) is 0 Å². The highest BCUT2D eigenvalue weighted by atomic mass is 16.5. The maximum atomic E-state index is 11.3. The Bertz CT molecular complexity index is 378. The number of hydrogen-bond donors (Lipinski definition) is 1. The summed E-state index contributed by atoms with van der Waals surface area (Å²) < 4.78 is 4.77. The Morgan fingerprint density at radius 2 is 1.80 bits per heavy atom. The predicted molar refractivity (Wildman–Crippen MR) is 53.9 cm³/mol. The number of benzene rings is 1. The van der Waals surface area contributed by atoms with E-state index in [1.54, 1.807) is 0 Å². The van der Waals surface area contributed by atoms with Crippen LogP contribution in [0.5, 0.6) is 0 Å². The highest BCUT2D eigenvalue weighted by Crippen LogP contribution is 2.05.